The number of carbonyl (C=O) groups excluding carboxylic acids is 1. The van der Waals surface area contributed by atoms with Gasteiger partial charge in [-0.2, -0.15) is 0 Å². The van der Waals surface area contributed by atoms with Crippen LogP contribution in [0.4, 0.5) is 0 Å². The van der Waals surface area contributed by atoms with E-state index in [4.69, 9.17) is 9.47 Å². The highest BCUT2D eigenvalue weighted by Gasteiger charge is 2.22. The van der Waals surface area contributed by atoms with Crippen LogP contribution < -0.4 is 4.74 Å². The van der Waals surface area contributed by atoms with E-state index in [-0.39, 0.29) is 6.10 Å². The van der Waals surface area contributed by atoms with Gasteiger partial charge in [0, 0.05) is 6.20 Å². The van der Waals surface area contributed by atoms with Crippen LogP contribution in [-0.4, -0.2) is 24.2 Å². The minimum absolute atomic E-state index is 0.172. The molecule has 1 aromatic rings. The lowest BCUT2D eigenvalue weighted by molar-refractivity contribution is 0.0598. The van der Waals surface area contributed by atoms with Crippen molar-refractivity contribution in [2.75, 3.05) is 7.11 Å². The lowest BCUT2D eigenvalue weighted by atomic mass is 9.89. The normalized spacial score (nSPS) is 22.1. The maximum atomic E-state index is 11.7. The molecule has 0 atom stereocenters. The van der Waals surface area contributed by atoms with Gasteiger partial charge in [0.25, 0.3) is 0 Å². The van der Waals surface area contributed by atoms with Crippen LogP contribution in [0.3, 0.4) is 0 Å². The maximum absolute atomic E-state index is 11.7. The minimum atomic E-state index is -0.399. The average molecular weight is 275 g/mol. The van der Waals surface area contributed by atoms with Gasteiger partial charge in [-0.1, -0.05) is 19.6 Å². The van der Waals surface area contributed by atoms with Crippen molar-refractivity contribution >= 4 is 12.0 Å². The van der Waals surface area contributed by atoms with E-state index in [1.165, 1.54) is 20.0 Å². The number of rotatable bonds is 4. The summed E-state index contributed by atoms with van der Waals surface area (Å²) in [6.45, 7) is 6.01. The van der Waals surface area contributed by atoms with Gasteiger partial charge in [0.15, 0.2) is 0 Å². The molecule has 108 valence electrons. The molecule has 1 saturated carbocycles. The molecule has 1 aromatic heterocycles. The van der Waals surface area contributed by atoms with Crippen LogP contribution in [0.2, 0.25) is 0 Å². The fraction of sp³-hybridized carbons (Fsp3) is 0.500. The molecule has 4 heteroatoms. The standard InChI is InChI=1S/C16H21NO3/c1-4-13-14(16(18)19-3)9-10-17-15(13)20-12-7-5-11(2)6-8-12/h4,9-12H,1,5-8H2,2-3H3. The molecular formula is C16H21NO3. The van der Waals surface area contributed by atoms with Crippen LogP contribution in [0.1, 0.15) is 48.5 Å². The quantitative estimate of drug-likeness (QED) is 0.789. The topological polar surface area (TPSA) is 48.4 Å². The Morgan fingerprint density at radius 1 is 1.40 bits per heavy atom. The summed E-state index contributed by atoms with van der Waals surface area (Å²) < 4.78 is 10.7. The Labute approximate surface area is 119 Å². The molecule has 0 aliphatic heterocycles. The number of hydrogen-bond acceptors (Lipinski definition) is 4. The van der Waals surface area contributed by atoms with Gasteiger partial charge >= 0.3 is 5.97 Å². The molecular weight excluding hydrogens is 254 g/mol. The van der Waals surface area contributed by atoms with Gasteiger partial charge in [0.1, 0.15) is 6.10 Å². The minimum Gasteiger partial charge on any atom is -0.474 e. The van der Waals surface area contributed by atoms with Crippen LogP contribution in [-0.2, 0) is 4.74 Å². The van der Waals surface area contributed by atoms with E-state index >= 15 is 0 Å². The molecule has 0 saturated heterocycles. The lowest BCUT2D eigenvalue weighted by Gasteiger charge is -2.27. The molecule has 0 N–H and O–H groups in total. The van der Waals surface area contributed by atoms with E-state index < -0.39 is 5.97 Å². The van der Waals surface area contributed by atoms with Gasteiger partial charge in [-0.25, -0.2) is 9.78 Å². The van der Waals surface area contributed by atoms with Gasteiger partial charge in [-0.15, -0.1) is 0 Å². The van der Waals surface area contributed by atoms with Gasteiger partial charge < -0.3 is 9.47 Å². The Kier molecular flexibility index (Phi) is 4.77. The zero-order chi connectivity index (χ0) is 14.5. The SMILES string of the molecule is C=Cc1c(C(=O)OC)ccnc1OC1CCC(C)CC1. The second-order valence-corrected chi connectivity index (χ2v) is 5.27. The second kappa shape index (κ2) is 6.55. The van der Waals surface area contributed by atoms with Crippen molar-refractivity contribution in [1.82, 2.24) is 4.98 Å². The van der Waals surface area contributed by atoms with Crippen LogP contribution in [0.15, 0.2) is 18.8 Å². The highest BCUT2D eigenvalue weighted by molar-refractivity contribution is 5.94. The second-order valence-electron chi connectivity index (χ2n) is 5.27. The number of methoxy groups -OCH3 is 1. The third kappa shape index (κ3) is 3.18. The number of aromatic nitrogens is 1. The molecule has 0 spiro atoms. The Bertz CT molecular complexity index is 490. The molecule has 4 nitrogen and oxygen atoms in total. The van der Waals surface area contributed by atoms with Crippen molar-refractivity contribution in [3.05, 3.63) is 30.0 Å². The molecule has 2 rings (SSSR count). The van der Waals surface area contributed by atoms with Crippen molar-refractivity contribution in [3.63, 3.8) is 0 Å². The summed E-state index contributed by atoms with van der Waals surface area (Å²) in [5.74, 6) is 0.843. The predicted octanol–water partition coefficient (Wildman–Crippen LogP) is 3.47. The summed E-state index contributed by atoms with van der Waals surface area (Å²) in [6.07, 6.45) is 7.74. The third-order valence-corrected chi connectivity index (χ3v) is 3.80. The van der Waals surface area contributed by atoms with Crippen LogP contribution in [0, 0.1) is 5.92 Å². The number of ether oxygens (including phenoxy) is 2. The van der Waals surface area contributed by atoms with Crippen LogP contribution in [0.25, 0.3) is 6.08 Å². The number of nitrogens with zero attached hydrogens (tertiary/aromatic N) is 1. The van der Waals surface area contributed by atoms with Crippen molar-refractivity contribution in [1.29, 1.82) is 0 Å². The number of pyridine rings is 1. The summed E-state index contributed by atoms with van der Waals surface area (Å²) in [7, 11) is 1.36. The first kappa shape index (κ1) is 14.6. The molecule has 0 amide bonds. The summed E-state index contributed by atoms with van der Waals surface area (Å²) in [5, 5.41) is 0. The number of hydrogen-bond donors (Lipinski definition) is 0. The molecule has 1 aliphatic carbocycles. The highest BCUT2D eigenvalue weighted by atomic mass is 16.5. The smallest absolute Gasteiger partial charge is 0.338 e. The highest BCUT2D eigenvalue weighted by Crippen LogP contribution is 2.29. The zero-order valence-corrected chi connectivity index (χ0v) is 12.1. The van der Waals surface area contributed by atoms with Crippen LogP contribution >= 0.6 is 0 Å². The Morgan fingerprint density at radius 2 is 2.10 bits per heavy atom. The van der Waals surface area contributed by atoms with Crippen LogP contribution in [0.5, 0.6) is 5.88 Å². The first-order valence-corrected chi connectivity index (χ1v) is 7.02. The van der Waals surface area contributed by atoms with Crippen molar-refractivity contribution in [2.45, 2.75) is 38.7 Å². The molecule has 0 bridgehead atoms. The Morgan fingerprint density at radius 3 is 2.70 bits per heavy atom. The van der Waals surface area contributed by atoms with Crippen molar-refractivity contribution in [2.24, 2.45) is 5.92 Å². The van der Waals surface area contributed by atoms with E-state index in [9.17, 15) is 4.79 Å². The molecule has 0 radical (unpaired) electrons. The van der Waals surface area contributed by atoms with Gasteiger partial charge in [-0.3, -0.25) is 0 Å². The Balaban J connectivity index is 2.19. The predicted molar refractivity (Wildman–Crippen MR) is 77.7 cm³/mol. The Hall–Kier alpha value is -1.84. The maximum Gasteiger partial charge on any atom is 0.338 e. The molecule has 1 aliphatic rings. The van der Waals surface area contributed by atoms with E-state index in [2.05, 4.69) is 18.5 Å². The summed E-state index contributed by atoms with van der Waals surface area (Å²) in [6, 6.07) is 1.62. The fourth-order valence-electron chi connectivity index (χ4n) is 2.54. The fourth-order valence-corrected chi connectivity index (χ4v) is 2.54. The average Bonchev–Trinajstić information content (AvgIpc) is 2.48. The van der Waals surface area contributed by atoms with E-state index in [1.54, 1.807) is 18.3 Å². The number of carbonyl (C=O) groups is 1. The summed E-state index contributed by atoms with van der Waals surface area (Å²) >= 11 is 0. The largest absolute Gasteiger partial charge is 0.474 e. The van der Waals surface area contributed by atoms with Crippen molar-refractivity contribution < 1.29 is 14.3 Å². The van der Waals surface area contributed by atoms with Gasteiger partial charge in [0.2, 0.25) is 5.88 Å². The van der Waals surface area contributed by atoms with Gasteiger partial charge in [0.05, 0.1) is 18.2 Å². The third-order valence-electron chi connectivity index (χ3n) is 3.80. The molecule has 20 heavy (non-hydrogen) atoms. The first-order valence-electron chi connectivity index (χ1n) is 7.02. The first-order chi connectivity index (χ1) is 9.65. The van der Waals surface area contributed by atoms with Crippen molar-refractivity contribution in [3.8, 4) is 5.88 Å². The van der Waals surface area contributed by atoms with Gasteiger partial charge in [-0.05, 0) is 37.7 Å². The summed E-state index contributed by atoms with van der Waals surface area (Å²) in [4.78, 5) is 16.0. The summed E-state index contributed by atoms with van der Waals surface area (Å²) in [5.41, 5.74) is 1.05. The van der Waals surface area contributed by atoms with E-state index in [0.717, 1.165) is 18.8 Å². The molecule has 0 aromatic carbocycles. The van der Waals surface area contributed by atoms with E-state index in [0.29, 0.717) is 17.0 Å². The number of esters is 1. The lowest BCUT2D eigenvalue weighted by Crippen LogP contribution is -2.24. The molecule has 1 fully saturated rings. The molecule has 1 heterocycles. The van der Waals surface area contributed by atoms with E-state index in [1.807, 2.05) is 0 Å². The monoisotopic (exact) mass is 275 g/mol. The molecule has 0 unspecified atom stereocenters. The zero-order valence-electron chi connectivity index (χ0n) is 12.1.